The number of carbonyl (C=O) groups is 3. The number of amides is 3. The van der Waals surface area contributed by atoms with Gasteiger partial charge in [-0.05, 0) is 30.2 Å². The molecule has 3 heterocycles. The van der Waals surface area contributed by atoms with E-state index in [0.29, 0.717) is 38.2 Å². The van der Waals surface area contributed by atoms with Gasteiger partial charge >= 0.3 is 0 Å². The van der Waals surface area contributed by atoms with E-state index in [-0.39, 0.29) is 23.8 Å². The van der Waals surface area contributed by atoms with Crippen LogP contribution in [0, 0.1) is 0 Å². The summed E-state index contributed by atoms with van der Waals surface area (Å²) in [6.45, 7) is 2.44. The van der Waals surface area contributed by atoms with Crippen molar-refractivity contribution < 1.29 is 14.4 Å². The monoisotopic (exact) mass is 374 g/mol. The van der Waals surface area contributed by atoms with E-state index in [1.54, 1.807) is 23.9 Å². The van der Waals surface area contributed by atoms with E-state index in [4.69, 9.17) is 0 Å². The van der Waals surface area contributed by atoms with E-state index in [1.807, 2.05) is 15.9 Å². The molecule has 1 aromatic carbocycles. The molecule has 3 aliphatic rings. The average molecular weight is 374 g/mol. The van der Waals surface area contributed by atoms with Gasteiger partial charge in [0.2, 0.25) is 11.8 Å². The van der Waals surface area contributed by atoms with Gasteiger partial charge < -0.3 is 15.1 Å². The van der Waals surface area contributed by atoms with E-state index < -0.39 is 0 Å². The van der Waals surface area contributed by atoms with Crippen molar-refractivity contribution in [3.8, 4) is 0 Å². The van der Waals surface area contributed by atoms with Gasteiger partial charge in [-0.3, -0.25) is 19.7 Å². The number of anilines is 1. The van der Waals surface area contributed by atoms with Crippen LogP contribution in [0.4, 0.5) is 5.69 Å². The Hall–Kier alpha value is -2.06. The Kier molecular flexibility index (Phi) is 4.86. The predicted octanol–water partition coefficient (Wildman–Crippen LogP) is 0.518. The SMILES string of the molecule is O=C1Cc2cc(C(=O)N3CCCN(C(=O)C4CSCN4)CC3)ccc2N1. The molecule has 3 amide bonds. The second kappa shape index (κ2) is 7.28. The smallest absolute Gasteiger partial charge is 0.253 e. The van der Waals surface area contributed by atoms with Crippen molar-refractivity contribution in [2.75, 3.05) is 43.1 Å². The number of hydrogen-bond donors (Lipinski definition) is 2. The average Bonchev–Trinajstić information content (AvgIpc) is 3.23. The lowest BCUT2D eigenvalue weighted by molar-refractivity contribution is -0.132. The lowest BCUT2D eigenvalue weighted by Gasteiger charge is -2.24. The molecule has 1 unspecified atom stereocenters. The molecule has 2 N–H and O–H groups in total. The highest BCUT2D eigenvalue weighted by molar-refractivity contribution is 7.99. The molecule has 0 bridgehead atoms. The van der Waals surface area contributed by atoms with E-state index in [9.17, 15) is 14.4 Å². The molecule has 138 valence electrons. The fourth-order valence-corrected chi connectivity index (χ4v) is 4.59. The van der Waals surface area contributed by atoms with Gasteiger partial charge in [-0.2, -0.15) is 0 Å². The van der Waals surface area contributed by atoms with Crippen molar-refractivity contribution in [1.82, 2.24) is 15.1 Å². The third kappa shape index (κ3) is 3.43. The van der Waals surface area contributed by atoms with Gasteiger partial charge in [0.25, 0.3) is 5.91 Å². The minimum Gasteiger partial charge on any atom is -0.339 e. The fourth-order valence-electron chi connectivity index (χ4n) is 3.66. The molecule has 2 fully saturated rings. The maximum atomic E-state index is 12.9. The number of carbonyl (C=O) groups excluding carboxylic acids is 3. The molecule has 0 saturated carbocycles. The van der Waals surface area contributed by atoms with E-state index >= 15 is 0 Å². The molecule has 0 radical (unpaired) electrons. The van der Waals surface area contributed by atoms with E-state index in [2.05, 4.69) is 10.6 Å². The van der Waals surface area contributed by atoms with Crippen LogP contribution in [0.5, 0.6) is 0 Å². The number of nitrogens with zero attached hydrogens (tertiary/aromatic N) is 2. The Balaban J connectivity index is 1.41. The molecule has 0 aliphatic carbocycles. The van der Waals surface area contributed by atoms with Crippen molar-refractivity contribution in [3.05, 3.63) is 29.3 Å². The molecular weight excluding hydrogens is 352 g/mol. The molecule has 26 heavy (non-hydrogen) atoms. The summed E-state index contributed by atoms with van der Waals surface area (Å²) in [5.41, 5.74) is 2.27. The Morgan fingerprint density at radius 2 is 1.92 bits per heavy atom. The Morgan fingerprint density at radius 3 is 2.73 bits per heavy atom. The zero-order valence-corrected chi connectivity index (χ0v) is 15.3. The largest absolute Gasteiger partial charge is 0.339 e. The lowest BCUT2D eigenvalue weighted by Crippen LogP contribution is -2.46. The van der Waals surface area contributed by atoms with E-state index in [0.717, 1.165) is 29.3 Å². The third-order valence-corrected chi connectivity index (χ3v) is 6.03. The molecule has 7 nitrogen and oxygen atoms in total. The molecule has 0 spiro atoms. The number of thioether (sulfide) groups is 1. The maximum Gasteiger partial charge on any atom is 0.253 e. The van der Waals surface area contributed by atoms with Gasteiger partial charge in [0.15, 0.2) is 0 Å². The highest BCUT2D eigenvalue weighted by Crippen LogP contribution is 2.24. The van der Waals surface area contributed by atoms with Gasteiger partial charge in [-0.25, -0.2) is 0 Å². The van der Waals surface area contributed by atoms with Gasteiger partial charge in [0.05, 0.1) is 12.5 Å². The van der Waals surface area contributed by atoms with Crippen LogP contribution >= 0.6 is 11.8 Å². The molecule has 1 aromatic rings. The number of hydrogen-bond acceptors (Lipinski definition) is 5. The summed E-state index contributed by atoms with van der Waals surface area (Å²) in [5.74, 6) is 1.72. The minimum absolute atomic E-state index is 0.0315. The van der Waals surface area contributed by atoms with Crippen molar-refractivity contribution in [3.63, 3.8) is 0 Å². The highest BCUT2D eigenvalue weighted by atomic mass is 32.2. The summed E-state index contributed by atoms with van der Waals surface area (Å²) < 4.78 is 0. The highest BCUT2D eigenvalue weighted by Gasteiger charge is 2.30. The molecule has 3 aliphatic heterocycles. The Labute approximate surface area is 156 Å². The van der Waals surface area contributed by atoms with Gasteiger partial charge in [0.1, 0.15) is 0 Å². The predicted molar refractivity (Wildman–Crippen MR) is 100 cm³/mol. The number of nitrogens with one attached hydrogen (secondary N) is 2. The van der Waals surface area contributed by atoms with Gasteiger partial charge in [-0.15, -0.1) is 11.8 Å². The van der Waals surface area contributed by atoms with Crippen LogP contribution in [0.1, 0.15) is 22.3 Å². The van der Waals surface area contributed by atoms with E-state index in [1.165, 1.54) is 0 Å². The molecule has 0 aromatic heterocycles. The van der Waals surface area contributed by atoms with Crippen LogP contribution in [0.2, 0.25) is 0 Å². The van der Waals surface area contributed by atoms with Crippen LogP contribution in [-0.2, 0) is 16.0 Å². The van der Waals surface area contributed by atoms with Crippen molar-refractivity contribution >= 4 is 35.2 Å². The number of rotatable bonds is 2. The van der Waals surface area contributed by atoms with Crippen LogP contribution < -0.4 is 10.6 Å². The first kappa shape index (κ1) is 17.4. The van der Waals surface area contributed by atoms with Crippen molar-refractivity contribution in [2.45, 2.75) is 18.9 Å². The summed E-state index contributed by atoms with van der Waals surface area (Å²) in [4.78, 5) is 40.6. The second-order valence-electron chi connectivity index (χ2n) is 6.84. The van der Waals surface area contributed by atoms with Crippen LogP contribution in [-0.4, -0.2) is 71.4 Å². The first-order chi connectivity index (χ1) is 12.6. The normalized spacial score (nSPS) is 22.8. The second-order valence-corrected chi connectivity index (χ2v) is 7.87. The molecule has 8 heteroatoms. The third-order valence-electron chi connectivity index (χ3n) is 5.09. The molecular formula is C18H22N4O3S. The Bertz CT molecular complexity index is 748. The molecule has 1 atom stereocenters. The fraction of sp³-hybridized carbons (Fsp3) is 0.500. The summed E-state index contributed by atoms with van der Waals surface area (Å²) in [6, 6.07) is 5.28. The molecule has 4 rings (SSSR count). The number of benzene rings is 1. The topological polar surface area (TPSA) is 81.8 Å². The molecule has 2 saturated heterocycles. The van der Waals surface area contributed by atoms with Gasteiger partial charge in [0, 0.05) is 49.1 Å². The van der Waals surface area contributed by atoms with Crippen LogP contribution in [0.25, 0.3) is 0 Å². The van der Waals surface area contributed by atoms with Gasteiger partial charge in [-0.1, -0.05) is 0 Å². The summed E-state index contributed by atoms with van der Waals surface area (Å²) in [6.07, 6.45) is 1.10. The van der Waals surface area contributed by atoms with Crippen molar-refractivity contribution in [2.24, 2.45) is 0 Å². The minimum atomic E-state index is -0.0935. The summed E-state index contributed by atoms with van der Waals surface area (Å²) in [7, 11) is 0. The summed E-state index contributed by atoms with van der Waals surface area (Å²) in [5, 5.41) is 6.00. The zero-order valence-electron chi connectivity index (χ0n) is 14.5. The van der Waals surface area contributed by atoms with Crippen LogP contribution in [0.15, 0.2) is 18.2 Å². The summed E-state index contributed by atoms with van der Waals surface area (Å²) >= 11 is 1.74. The quantitative estimate of drug-likeness (QED) is 0.789. The lowest BCUT2D eigenvalue weighted by atomic mass is 10.1. The Morgan fingerprint density at radius 1 is 1.12 bits per heavy atom. The first-order valence-corrected chi connectivity index (χ1v) is 10.1. The standard InChI is InChI=1S/C18H22N4O3S/c23-16-9-13-8-12(2-3-14(13)20-16)17(24)21-4-1-5-22(7-6-21)18(25)15-10-26-11-19-15/h2-3,8,15,19H,1,4-7,9-11H2,(H,20,23). The zero-order chi connectivity index (χ0) is 18.1. The van der Waals surface area contributed by atoms with Crippen LogP contribution in [0.3, 0.4) is 0 Å². The number of fused-ring (bicyclic) bond motifs is 1. The van der Waals surface area contributed by atoms with Crippen molar-refractivity contribution in [1.29, 1.82) is 0 Å². The first-order valence-electron chi connectivity index (χ1n) is 8.94. The maximum absolute atomic E-state index is 12.9.